The number of hydrogen-bond acceptors (Lipinski definition) is 7. The summed E-state index contributed by atoms with van der Waals surface area (Å²) in [5.74, 6) is 0.185. The Hall–Kier alpha value is -2.00. The molecule has 1 fully saturated rings. The zero-order chi connectivity index (χ0) is 18.0. The second-order valence-corrected chi connectivity index (χ2v) is 7.08. The van der Waals surface area contributed by atoms with E-state index in [9.17, 15) is 9.59 Å². The lowest BCUT2D eigenvalue weighted by Crippen LogP contribution is -2.50. The van der Waals surface area contributed by atoms with Gasteiger partial charge >= 0.3 is 0 Å². The summed E-state index contributed by atoms with van der Waals surface area (Å²) in [6.07, 6.45) is 0. The smallest absolute Gasteiger partial charge is 0.275 e. The van der Waals surface area contributed by atoms with Crippen LogP contribution >= 0.6 is 11.3 Å². The number of amides is 1. The van der Waals surface area contributed by atoms with Crippen molar-refractivity contribution < 1.29 is 4.79 Å². The molecule has 0 radical (unpaired) electrons. The van der Waals surface area contributed by atoms with Crippen LogP contribution in [0.4, 0.5) is 5.13 Å². The molecule has 136 valence electrons. The summed E-state index contributed by atoms with van der Waals surface area (Å²) >= 11 is 1.43. The Labute approximate surface area is 150 Å². The fraction of sp³-hybridized carbons (Fsp3) is 0.625. The second-order valence-electron chi connectivity index (χ2n) is 6.14. The van der Waals surface area contributed by atoms with E-state index in [1.165, 1.54) is 21.9 Å². The first-order valence-electron chi connectivity index (χ1n) is 8.64. The van der Waals surface area contributed by atoms with Crippen LogP contribution in [0, 0.1) is 6.92 Å². The molecule has 0 aromatic carbocycles. The Morgan fingerprint density at radius 2 is 1.92 bits per heavy atom. The molecule has 1 aliphatic heterocycles. The molecule has 3 heterocycles. The maximum atomic E-state index is 12.2. The SMILES string of the molecule is CCN(CC)C(=O)CN1CCN(c2nn3c(=O)cc(C)nc3s2)CC1. The molecule has 1 amide bonds. The monoisotopic (exact) mass is 364 g/mol. The Balaban J connectivity index is 1.64. The van der Waals surface area contributed by atoms with E-state index < -0.39 is 0 Å². The van der Waals surface area contributed by atoms with Crippen LogP contribution < -0.4 is 10.5 Å². The Kier molecular flexibility index (Phi) is 5.33. The molecule has 0 saturated carbocycles. The summed E-state index contributed by atoms with van der Waals surface area (Å²) in [6.45, 7) is 11.0. The molecule has 0 bridgehead atoms. The third kappa shape index (κ3) is 3.82. The predicted octanol–water partition coefficient (Wildman–Crippen LogP) is 0.450. The third-order valence-electron chi connectivity index (χ3n) is 4.48. The molecule has 2 aromatic rings. The maximum Gasteiger partial charge on any atom is 0.275 e. The van der Waals surface area contributed by atoms with E-state index in [2.05, 4.69) is 19.9 Å². The Bertz CT molecular complexity index is 805. The van der Waals surface area contributed by atoms with Gasteiger partial charge in [0, 0.05) is 51.0 Å². The van der Waals surface area contributed by atoms with Crippen LogP contribution in [-0.2, 0) is 4.79 Å². The molecule has 0 aliphatic carbocycles. The molecule has 2 aromatic heterocycles. The van der Waals surface area contributed by atoms with Crippen molar-refractivity contribution in [2.24, 2.45) is 0 Å². The van der Waals surface area contributed by atoms with Crippen LogP contribution in [0.25, 0.3) is 4.96 Å². The summed E-state index contributed by atoms with van der Waals surface area (Å²) in [5, 5.41) is 5.22. The van der Waals surface area contributed by atoms with E-state index in [1.807, 2.05) is 25.7 Å². The molecule has 0 N–H and O–H groups in total. The van der Waals surface area contributed by atoms with Crippen molar-refractivity contribution in [3.63, 3.8) is 0 Å². The van der Waals surface area contributed by atoms with Crippen molar-refractivity contribution in [2.45, 2.75) is 20.8 Å². The van der Waals surface area contributed by atoms with Gasteiger partial charge in [0.05, 0.1) is 6.54 Å². The number of carbonyl (C=O) groups is 1. The summed E-state index contributed by atoms with van der Waals surface area (Å²) in [5.41, 5.74) is 0.563. The van der Waals surface area contributed by atoms with Crippen LogP contribution in [0.15, 0.2) is 10.9 Å². The van der Waals surface area contributed by atoms with Crippen molar-refractivity contribution in [1.82, 2.24) is 24.4 Å². The lowest BCUT2D eigenvalue weighted by Gasteiger charge is -2.34. The number of rotatable bonds is 5. The lowest BCUT2D eigenvalue weighted by molar-refractivity contribution is -0.132. The third-order valence-corrected chi connectivity index (χ3v) is 5.45. The number of aryl methyl sites for hydroxylation is 1. The maximum absolute atomic E-state index is 12.2. The molecule has 8 nitrogen and oxygen atoms in total. The highest BCUT2D eigenvalue weighted by molar-refractivity contribution is 7.20. The van der Waals surface area contributed by atoms with Gasteiger partial charge in [0.1, 0.15) is 0 Å². The highest BCUT2D eigenvalue weighted by Gasteiger charge is 2.23. The average molecular weight is 364 g/mol. The number of carbonyl (C=O) groups excluding carboxylic acids is 1. The van der Waals surface area contributed by atoms with Gasteiger partial charge in [0.25, 0.3) is 5.56 Å². The minimum absolute atomic E-state index is 0.145. The largest absolute Gasteiger partial charge is 0.344 e. The molecule has 3 rings (SSSR count). The summed E-state index contributed by atoms with van der Waals surface area (Å²) < 4.78 is 1.36. The standard InChI is InChI=1S/C16H24N6O2S/c1-4-20(5-2)14(24)11-19-6-8-21(9-7-19)16-18-22-13(23)10-12(3)17-15(22)25-16/h10H,4-9,11H2,1-3H3. The van der Waals surface area contributed by atoms with Gasteiger partial charge in [-0.3, -0.25) is 14.5 Å². The minimum atomic E-state index is -0.145. The van der Waals surface area contributed by atoms with Crippen LogP contribution in [-0.4, -0.2) is 76.1 Å². The molecular formula is C16H24N6O2S. The number of anilines is 1. The molecule has 9 heteroatoms. The summed E-state index contributed by atoms with van der Waals surface area (Å²) in [6, 6.07) is 1.49. The Morgan fingerprint density at radius 1 is 1.24 bits per heavy atom. The number of nitrogens with zero attached hydrogens (tertiary/aromatic N) is 6. The number of likely N-dealkylation sites (N-methyl/N-ethyl adjacent to an activating group) is 1. The highest BCUT2D eigenvalue weighted by atomic mass is 32.1. The van der Waals surface area contributed by atoms with Gasteiger partial charge in [-0.25, -0.2) is 4.98 Å². The molecule has 1 aliphatic rings. The first-order valence-corrected chi connectivity index (χ1v) is 9.46. The van der Waals surface area contributed by atoms with Crippen LogP contribution in [0.2, 0.25) is 0 Å². The normalized spacial score (nSPS) is 15.7. The topological polar surface area (TPSA) is 74.1 Å². The van der Waals surface area contributed by atoms with Gasteiger partial charge in [-0.05, 0) is 20.8 Å². The first-order chi connectivity index (χ1) is 12.0. The van der Waals surface area contributed by atoms with Crippen molar-refractivity contribution >= 4 is 27.3 Å². The number of aromatic nitrogens is 3. The van der Waals surface area contributed by atoms with E-state index in [-0.39, 0.29) is 11.5 Å². The van der Waals surface area contributed by atoms with Crippen molar-refractivity contribution in [3.05, 3.63) is 22.1 Å². The lowest BCUT2D eigenvalue weighted by atomic mass is 10.3. The van der Waals surface area contributed by atoms with Gasteiger partial charge < -0.3 is 9.80 Å². The van der Waals surface area contributed by atoms with E-state index in [0.29, 0.717) is 17.2 Å². The summed E-state index contributed by atoms with van der Waals surface area (Å²) in [7, 11) is 0. The van der Waals surface area contributed by atoms with Crippen molar-refractivity contribution in [1.29, 1.82) is 0 Å². The van der Waals surface area contributed by atoms with Crippen LogP contribution in [0.1, 0.15) is 19.5 Å². The van der Waals surface area contributed by atoms with E-state index in [1.54, 1.807) is 0 Å². The van der Waals surface area contributed by atoms with Crippen LogP contribution in [0.3, 0.4) is 0 Å². The van der Waals surface area contributed by atoms with Crippen molar-refractivity contribution in [2.75, 3.05) is 50.7 Å². The zero-order valence-corrected chi connectivity index (χ0v) is 15.8. The molecule has 0 unspecified atom stereocenters. The number of piperazine rings is 1. The van der Waals surface area contributed by atoms with Gasteiger partial charge in [0.15, 0.2) is 0 Å². The van der Waals surface area contributed by atoms with Gasteiger partial charge in [-0.2, -0.15) is 4.52 Å². The molecule has 1 saturated heterocycles. The van der Waals surface area contributed by atoms with Crippen LogP contribution in [0.5, 0.6) is 0 Å². The van der Waals surface area contributed by atoms with E-state index in [0.717, 1.165) is 44.4 Å². The average Bonchev–Trinajstić information content (AvgIpc) is 3.01. The van der Waals surface area contributed by atoms with Gasteiger partial charge in [-0.15, -0.1) is 5.10 Å². The van der Waals surface area contributed by atoms with E-state index in [4.69, 9.17) is 0 Å². The number of hydrogen-bond donors (Lipinski definition) is 0. The highest BCUT2D eigenvalue weighted by Crippen LogP contribution is 2.22. The summed E-state index contributed by atoms with van der Waals surface area (Å²) in [4.78, 5) is 35.4. The van der Waals surface area contributed by atoms with Gasteiger partial charge in [0.2, 0.25) is 16.0 Å². The fourth-order valence-electron chi connectivity index (χ4n) is 3.00. The quantitative estimate of drug-likeness (QED) is 0.767. The molecule has 0 spiro atoms. The molecule has 25 heavy (non-hydrogen) atoms. The molecular weight excluding hydrogens is 340 g/mol. The minimum Gasteiger partial charge on any atom is -0.344 e. The van der Waals surface area contributed by atoms with Gasteiger partial charge in [-0.1, -0.05) is 11.3 Å². The molecule has 0 atom stereocenters. The second kappa shape index (κ2) is 7.49. The van der Waals surface area contributed by atoms with E-state index >= 15 is 0 Å². The Morgan fingerprint density at radius 3 is 2.56 bits per heavy atom. The van der Waals surface area contributed by atoms with Crippen molar-refractivity contribution in [3.8, 4) is 0 Å². The zero-order valence-electron chi connectivity index (χ0n) is 14.9. The predicted molar refractivity (Wildman–Crippen MR) is 98.5 cm³/mol. The number of fused-ring (bicyclic) bond motifs is 1. The fourth-order valence-corrected chi connectivity index (χ4v) is 4.01. The first kappa shape index (κ1) is 17.8.